The van der Waals surface area contributed by atoms with Gasteiger partial charge < -0.3 is 15.2 Å². The Morgan fingerprint density at radius 1 is 1.25 bits per heavy atom. The van der Waals surface area contributed by atoms with Gasteiger partial charge in [0.2, 0.25) is 0 Å². The second kappa shape index (κ2) is 5.34. The predicted molar refractivity (Wildman–Crippen MR) is 67.9 cm³/mol. The molecule has 0 aliphatic rings. The first-order valence-electron chi connectivity index (χ1n) is 4.50. The Hall–Kier alpha value is -1.04. The number of hydrogen-bond donors (Lipinski definition) is 1. The Bertz CT molecular complexity index is 446. The lowest BCUT2D eigenvalue weighted by atomic mass is 10.3. The van der Waals surface area contributed by atoms with E-state index in [0.29, 0.717) is 12.3 Å². The molecule has 2 rings (SSSR count). The van der Waals surface area contributed by atoms with Crippen molar-refractivity contribution >= 4 is 34.0 Å². The molecule has 0 amide bonds. The van der Waals surface area contributed by atoms with E-state index in [-0.39, 0.29) is 12.4 Å². The molecule has 1 aromatic heterocycles. The van der Waals surface area contributed by atoms with E-state index < -0.39 is 0 Å². The van der Waals surface area contributed by atoms with Crippen LogP contribution in [-0.2, 0) is 6.54 Å². The average Bonchev–Trinajstić information content (AvgIpc) is 2.68. The van der Waals surface area contributed by atoms with Crippen LogP contribution in [0.5, 0.6) is 11.5 Å². The van der Waals surface area contributed by atoms with Crippen molar-refractivity contribution in [2.75, 3.05) is 14.2 Å². The predicted octanol–water partition coefficient (Wildman–Crippen LogP) is 2.19. The molecule has 0 aliphatic heterocycles. The highest BCUT2D eigenvalue weighted by atomic mass is 35.5. The lowest BCUT2D eigenvalue weighted by molar-refractivity contribution is 0.356. The maximum atomic E-state index is 5.54. The Morgan fingerprint density at radius 3 is 2.44 bits per heavy atom. The van der Waals surface area contributed by atoms with E-state index in [1.54, 1.807) is 25.6 Å². The highest BCUT2D eigenvalue weighted by Gasteiger charge is 2.09. The summed E-state index contributed by atoms with van der Waals surface area (Å²) in [5.74, 6) is 1.41. The molecule has 0 saturated carbocycles. The lowest BCUT2D eigenvalue weighted by Crippen LogP contribution is -1.93. The summed E-state index contributed by atoms with van der Waals surface area (Å²) < 4.78 is 11.5. The number of rotatable bonds is 3. The summed E-state index contributed by atoms with van der Waals surface area (Å²) in [5, 5.41) is 0.917. The summed E-state index contributed by atoms with van der Waals surface area (Å²) in [6.07, 6.45) is 0. The highest BCUT2D eigenvalue weighted by molar-refractivity contribution is 7.18. The second-order valence-corrected chi connectivity index (χ2v) is 4.10. The van der Waals surface area contributed by atoms with Crippen molar-refractivity contribution in [3.05, 3.63) is 17.1 Å². The standard InChI is InChI=1S/C10H12N2O2S.ClH/c1-13-7-3-6-9(4-8(7)14-2)15-10(5-11)12-6;/h3-4H,5,11H2,1-2H3;1H. The Balaban J connectivity index is 0.00000128. The first-order valence-corrected chi connectivity index (χ1v) is 5.31. The molecule has 2 aromatic rings. The molecule has 1 aromatic carbocycles. The fourth-order valence-electron chi connectivity index (χ4n) is 1.39. The van der Waals surface area contributed by atoms with E-state index in [1.165, 1.54) is 0 Å². The minimum atomic E-state index is 0. The summed E-state index contributed by atoms with van der Waals surface area (Å²) in [7, 11) is 3.23. The first-order chi connectivity index (χ1) is 7.28. The fraction of sp³-hybridized carbons (Fsp3) is 0.300. The fourth-order valence-corrected chi connectivity index (χ4v) is 2.25. The van der Waals surface area contributed by atoms with Gasteiger partial charge in [-0.3, -0.25) is 0 Å². The number of ether oxygens (including phenoxy) is 2. The van der Waals surface area contributed by atoms with Gasteiger partial charge in [-0.25, -0.2) is 4.98 Å². The van der Waals surface area contributed by atoms with Crippen LogP contribution in [0.2, 0.25) is 0 Å². The van der Waals surface area contributed by atoms with Crippen molar-refractivity contribution in [2.24, 2.45) is 5.73 Å². The number of halogens is 1. The third-order valence-electron chi connectivity index (χ3n) is 2.11. The van der Waals surface area contributed by atoms with Gasteiger partial charge in [0, 0.05) is 18.7 Å². The molecule has 0 saturated heterocycles. The number of thiazole rings is 1. The summed E-state index contributed by atoms with van der Waals surface area (Å²) in [4.78, 5) is 4.37. The molecule has 0 fully saturated rings. The zero-order chi connectivity index (χ0) is 10.8. The van der Waals surface area contributed by atoms with Crippen LogP contribution in [0, 0.1) is 0 Å². The number of fused-ring (bicyclic) bond motifs is 1. The second-order valence-electron chi connectivity index (χ2n) is 2.99. The van der Waals surface area contributed by atoms with Gasteiger partial charge in [-0.15, -0.1) is 23.7 Å². The third kappa shape index (κ3) is 2.21. The van der Waals surface area contributed by atoms with Crippen molar-refractivity contribution < 1.29 is 9.47 Å². The maximum Gasteiger partial charge on any atom is 0.162 e. The van der Waals surface area contributed by atoms with Gasteiger partial charge in [0.15, 0.2) is 11.5 Å². The van der Waals surface area contributed by atoms with Crippen LogP contribution < -0.4 is 15.2 Å². The molecule has 0 spiro atoms. The van der Waals surface area contributed by atoms with E-state index in [9.17, 15) is 0 Å². The molecule has 88 valence electrons. The third-order valence-corrected chi connectivity index (χ3v) is 3.15. The van der Waals surface area contributed by atoms with Crippen LogP contribution in [0.15, 0.2) is 12.1 Å². The highest BCUT2D eigenvalue weighted by Crippen LogP contribution is 2.34. The zero-order valence-electron chi connectivity index (χ0n) is 9.02. The van der Waals surface area contributed by atoms with Crippen LogP contribution in [-0.4, -0.2) is 19.2 Å². The summed E-state index contributed by atoms with van der Waals surface area (Å²) in [6, 6.07) is 3.79. The summed E-state index contributed by atoms with van der Waals surface area (Å²) in [5.41, 5.74) is 6.44. The molecule has 16 heavy (non-hydrogen) atoms. The Kier molecular flexibility index (Phi) is 4.35. The maximum absolute atomic E-state index is 5.54. The topological polar surface area (TPSA) is 57.4 Å². The molecule has 0 radical (unpaired) electrons. The smallest absolute Gasteiger partial charge is 0.162 e. The van der Waals surface area contributed by atoms with E-state index in [2.05, 4.69) is 4.98 Å². The molecule has 1 heterocycles. The molecule has 4 nitrogen and oxygen atoms in total. The Morgan fingerprint density at radius 2 is 1.88 bits per heavy atom. The summed E-state index contributed by atoms with van der Waals surface area (Å²) in [6.45, 7) is 0.462. The van der Waals surface area contributed by atoms with Crippen molar-refractivity contribution in [1.82, 2.24) is 4.98 Å². The van der Waals surface area contributed by atoms with Gasteiger partial charge >= 0.3 is 0 Å². The number of nitrogens with two attached hydrogens (primary N) is 1. The van der Waals surface area contributed by atoms with Crippen LogP contribution in [0.3, 0.4) is 0 Å². The normalized spacial score (nSPS) is 9.94. The number of nitrogens with zero attached hydrogens (tertiary/aromatic N) is 1. The van der Waals surface area contributed by atoms with Gasteiger partial charge in [-0.1, -0.05) is 0 Å². The van der Waals surface area contributed by atoms with Crippen molar-refractivity contribution in [1.29, 1.82) is 0 Å². The number of hydrogen-bond acceptors (Lipinski definition) is 5. The van der Waals surface area contributed by atoms with Gasteiger partial charge in [-0.05, 0) is 0 Å². The van der Waals surface area contributed by atoms with Gasteiger partial charge in [-0.2, -0.15) is 0 Å². The molecule has 2 N–H and O–H groups in total. The van der Waals surface area contributed by atoms with Crippen molar-refractivity contribution in [3.8, 4) is 11.5 Å². The van der Waals surface area contributed by atoms with Crippen LogP contribution in [0.1, 0.15) is 5.01 Å². The minimum absolute atomic E-state index is 0. The monoisotopic (exact) mass is 260 g/mol. The molecule has 0 atom stereocenters. The largest absolute Gasteiger partial charge is 0.493 e. The van der Waals surface area contributed by atoms with Crippen molar-refractivity contribution in [2.45, 2.75) is 6.54 Å². The minimum Gasteiger partial charge on any atom is -0.493 e. The van der Waals surface area contributed by atoms with E-state index in [0.717, 1.165) is 21.0 Å². The molecule has 0 unspecified atom stereocenters. The van der Waals surface area contributed by atoms with Gasteiger partial charge in [0.1, 0.15) is 5.01 Å². The van der Waals surface area contributed by atoms with E-state index in [1.807, 2.05) is 12.1 Å². The molecule has 6 heteroatoms. The average molecular weight is 261 g/mol. The number of aromatic nitrogens is 1. The zero-order valence-corrected chi connectivity index (χ0v) is 10.7. The Labute approximate surface area is 104 Å². The van der Waals surface area contributed by atoms with Crippen molar-refractivity contribution in [3.63, 3.8) is 0 Å². The number of methoxy groups -OCH3 is 2. The molecule has 0 bridgehead atoms. The molecule has 0 aliphatic carbocycles. The lowest BCUT2D eigenvalue weighted by Gasteiger charge is -2.05. The van der Waals surface area contributed by atoms with Crippen LogP contribution in [0.25, 0.3) is 10.2 Å². The molecular weight excluding hydrogens is 248 g/mol. The van der Waals surface area contributed by atoms with Gasteiger partial charge in [0.25, 0.3) is 0 Å². The van der Waals surface area contributed by atoms with Gasteiger partial charge in [0.05, 0.1) is 24.4 Å². The molecular formula is C10H13ClN2O2S. The number of benzene rings is 1. The van der Waals surface area contributed by atoms with Crippen LogP contribution >= 0.6 is 23.7 Å². The SMILES string of the molecule is COc1cc2nc(CN)sc2cc1OC.Cl. The first kappa shape index (κ1) is 13.0. The summed E-state index contributed by atoms with van der Waals surface area (Å²) >= 11 is 1.57. The van der Waals surface area contributed by atoms with E-state index in [4.69, 9.17) is 15.2 Å². The van der Waals surface area contributed by atoms with E-state index >= 15 is 0 Å². The quantitative estimate of drug-likeness (QED) is 0.919. The van der Waals surface area contributed by atoms with Crippen LogP contribution in [0.4, 0.5) is 0 Å².